The van der Waals surface area contributed by atoms with Crippen LogP contribution >= 0.6 is 36.2 Å². The quantitative estimate of drug-likeness (QED) is 0.803. The van der Waals surface area contributed by atoms with Crippen LogP contribution < -0.4 is 10.6 Å². The van der Waals surface area contributed by atoms with Crippen molar-refractivity contribution >= 4 is 42.1 Å². The highest BCUT2D eigenvalue weighted by molar-refractivity contribution is 7.11. The second-order valence-electron chi connectivity index (χ2n) is 4.99. The predicted octanol–water partition coefficient (Wildman–Crippen LogP) is 1.89. The summed E-state index contributed by atoms with van der Waals surface area (Å²) in [4.78, 5) is 17.7. The third-order valence-electron chi connectivity index (χ3n) is 3.36. The monoisotopic (exact) mass is 369 g/mol. The van der Waals surface area contributed by atoms with Crippen LogP contribution in [0.25, 0.3) is 0 Å². The lowest BCUT2D eigenvalue weighted by molar-refractivity contribution is -0.122. The SMILES string of the molecule is CCc1nc(CCNC(=O)CC2COCCN2)sc1C.Cl.Cl. The van der Waals surface area contributed by atoms with Gasteiger partial charge in [-0.1, -0.05) is 6.92 Å². The number of thiazole rings is 1. The summed E-state index contributed by atoms with van der Waals surface area (Å²) in [6.07, 6.45) is 2.27. The topological polar surface area (TPSA) is 63.2 Å². The number of ether oxygens (including phenoxy) is 1. The summed E-state index contributed by atoms with van der Waals surface area (Å²) in [5.41, 5.74) is 1.18. The van der Waals surface area contributed by atoms with Gasteiger partial charge in [-0.05, 0) is 13.3 Å². The lowest BCUT2D eigenvalue weighted by Gasteiger charge is -2.23. The number of morpholine rings is 1. The Bertz CT molecular complexity index is 451. The highest BCUT2D eigenvalue weighted by Gasteiger charge is 2.16. The Morgan fingerprint density at radius 2 is 2.27 bits per heavy atom. The molecule has 2 N–H and O–H groups in total. The largest absolute Gasteiger partial charge is 0.378 e. The van der Waals surface area contributed by atoms with E-state index in [4.69, 9.17) is 4.74 Å². The molecule has 1 fully saturated rings. The second-order valence-corrected chi connectivity index (χ2v) is 6.28. The first-order valence-corrected chi connectivity index (χ1v) is 8.03. The molecule has 1 atom stereocenters. The first-order valence-electron chi connectivity index (χ1n) is 7.22. The summed E-state index contributed by atoms with van der Waals surface area (Å²) in [6, 6.07) is 0.151. The average molecular weight is 370 g/mol. The molecule has 1 unspecified atom stereocenters. The van der Waals surface area contributed by atoms with Crippen LogP contribution in [0, 0.1) is 6.92 Å². The Balaban J connectivity index is 0.00000220. The number of aryl methyl sites for hydroxylation is 2. The highest BCUT2D eigenvalue weighted by Crippen LogP contribution is 2.17. The second kappa shape index (κ2) is 11.2. The van der Waals surface area contributed by atoms with Gasteiger partial charge in [0.25, 0.3) is 0 Å². The maximum atomic E-state index is 11.8. The van der Waals surface area contributed by atoms with Gasteiger partial charge >= 0.3 is 0 Å². The molecule has 0 radical (unpaired) electrons. The maximum absolute atomic E-state index is 11.8. The molecule has 0 bridgehead atoms. The molecule has 5 nitrogen and oxygen atoms in total. The molecule has 1 aromatic heterocycles. The van der Waals surface area contributed by atoms with E-state index in [2.05, 4.69) is 29.5 Å². The average Bonchev–Trinajstić information content (AvgIpc) is 2.80. The standard InChI is InChI=1S/C14H23N3O2S.2ClH/c1-3-12-10(2)20-14(17-12)4-5-16-13(18)8-11-9-19-7-6-15-11;;/h11,15H,3-9H2,1-2H3,(H,16,18);2*1H. The fourth-order valence-corrected chi connectivity index (χ4v) is 3.30. The van der Waals surface area contributed by atoms with Gasteiger partial charge in [-0.3, -0.25) is 4.79 Å². The van der Waals surface area contributed by atoms with E-state index in [0.717, 1.165) is 31.0 Å². The summed E-state index contributed by atoms with van der Waals surface area (Å²) in [6.45, 7) is 7.07. The van der Waals surface area contributed by atoms with Gasteiger partial charge in [0.1, 0.15) is 0 Å². The number of nitrogens with one attached hydrogen (secondary N) is 2. The Kier molecular flexibility index (Phi) is 11.0. The Morgan fingerprint density at radius 3 is 2.86 bits per heavy atom. The molecule has 1 amide bonds. The molecule has 22 heavy (non-hydrogen) atoms. The summed E-state index contributed by atoms with van der Waals surface area (Å²) in [7, 11) is 0. The van der Waals surface area contributed by atoms with Gasteiger partial charge in [0, 0.05) is 36.9 Å². The first-order chi connectivity index (χ1) is 9.69. The Morgan fingerprint density at radius 1 is 1.50 bits per heavy atom. The molecule has 0 saturated carbocycles. The Labute approximate surface area is 148 Å². The number of nitrogens with zero attached hydrogens (tertiary/aromatic N) is 1. The number of hydrogen-bond donors (Lipinski definition) is 2. The van der Waals surface area contributed by atoms with Gasteiger partial charge in [-0.25, -0.2) is 4.98 Å². The van der Waals surface area contributed by atoms with Gasteiger partial charge in [0.2, 0.25) is 5.91 Å². The zero-order valence-corrected chi connectivity index (χ0v) is 15.5. The molecule has 1 aromatic rings. The molecule has 0 spiro atoms. The molecule has 1 saturated heterocycles. The molecule has 2 heterocycles. The van der Waals surface area contributed by atoms with Crippen LogP contribution in [0.15, 0.2) is 0 Å². The van der Waals surface area contributed by atoms with E-state index in [1.807, 2.05) is 0 Å². The third-order valence-corrected chi connectivity index (χ3v) is 4.44. The fraction of sp³-hybridized carbons (Fsp3) is 0.714. The summed E-state index contributed by atoms with van der Waals surface area (Å²) in [5.74, 6) is 0.0805. The van der Waals surface area contributed by atoms with E-state index in [-0.39, 0.29) is 36.8 Å². The van der Waals surface area contributed by atoms with Crippen LogP contribution in [0.2, 0.25) is 0 Å². The van der Waals surface area contributed by atoms with E-state index in [0.29, 0.717) is 19.6 Å². The number of amides is 1. The van der Waals surface area contributed by atoms with Crippen molar-refractivity contribution in [2.24, 2.45) is 0 Å². The number of carbonyl (C=O) groups is 1. The van der Waals surface area contributed by atoms with Gasteiger partial charge < -0.3 is 15.4 Å². The molecule has 128 valence electrons. The normalized spacial score (nSPS) is 17.3. The number of carbonyl (C=O) groups excluding carboxylic acids is 1. The molecule has 8 heteroatoms. The van der Waals surface area contributed by atoms with Gasteiger partial charge in [-0.2, -0.15) is 0 Å². The zero-order chi connectivity index (χ0) is 14.4. The van der Waals surface area contributed by atoms with Crippen LogP contribution in [0.5, 0.6) is 0 Å². The predicted molar refractivity (Wildman–Crippen MR) is 94.7 cm³/mol. The maximum Gasteiger partial charge on any atom is 0.221 e. The van der Waals surface area contributed by atoms with Crippen molar-refractivity contribution in [1.82, 2.24) is 15.6 Å². The molecule has 0 aliphatic carbocycles. The van der Waals surface area contributed by atoms with Crippen molar-refractivity contribution in [2.45, 2.75) is 39.2 Å². The molecular weight excluding hydrogens is 345 g/mol. The lowest BCUT2D eigenvalue weighted by Crippen LogP contribution is -2.44. The number of halogens is 2. The first kappa shape index (κ1) is 21.6. The van der Waals surface area contributed by atoms with E-state index in [9.17, 15) is 4.79 Å². The van der Waals surface area contributed by atoms with Gasteiger partial charge in [-0.15, -0.1) is 36.2 Å². The van der Waals surface area contributed by atoms with Crippen molar-refractivity contribution < 1.29 is 9.53 Å². The number of hydrogen-bond acceptors (Lipinski definition) is 5. The van der Waals surface area contributed by atoms with Gasteiger partial charge in [0.05, 0.1) is 23.9 Å². The molecule has 1 aliphatic rings. The van der Waals surface area contributed by atoms with Crippen molar-refractivity contribution in [1.29, 1.82) is 0 Å². The van der Waals surface area contributed by atoms with E-state index < -0.39 is 0 Å². The minimum absolute atomic E-state index is 0. The van der Waals surface area contributed by atoms with Crippen molar-refractivity contribution in [2.75, 3.05) is 26.3 Å². The lowest BCUT2D eigenvalue weighted by atomic mass is 10.2. The van der Waals surface area contributed by atoms with Crippen molar-refractivity contribution in [3.8, 4) is 0 Å². The number of rotatable bonds is 6. The highest BCUT2D eigenvalue weighted by atomic mass is 35.5. The van der Waals surface area contributed by atoms with E-state index in [1.54, 1.807) is 11.3 Å². The smallest absolute Gasteiger partial charge is 0.221 e. The van der Waals surface area contributed by atoms with Crippen LogP contribution in [-0.2, 0) is 22.4 Å². The minimum atomic E-state index is 0. The van der Waals surface area contributed by atoms with E-state index >= 15 is 0 Å². The van der Waals surface area contributed by atoms with Gasteiger partial charge in [0.15, 0.2) is 0 Å². The minimum Gasteiger partial charge on any atom is -0.378 e. The van der Waals surface area contributed by atoms with Crippen molar-refractivity contribution in [3.05, 3.63) is 15.6 Å². The molecule has 2 rings (SSSR count). The summed E-state index contributed by atoms with van der Waals surface area (Å²) < 4.78 is 5.33. The molecule has 0 aromatic carbocycles. The summed E-state index contributed by atoms with van der Waals surface area (Å²) >= 11 is 1.73. The molecule has 1 aliphatic heterocycles. The Hall–Kier alpha value is -0.400. The van der Waals surface area contributed by atoms with E-state index in [1.165, 1.54) is 10.6 Å². The number of aromatic nitrogens is 1. The van der Waals surface area contributed by atoms with Crippen molar-refractivity contribution in [3.63, 3.8) is 0 Å². The summed E-state index contributed by atoms with van der Waals surface area (Å²) in [5, 5.41) is 7.35. The van der Waals surface area contributed by atoms with Crippen LogP contribution in [-0.4, -0.2) is 43.2 Å². The van der Waals surface area contributed by atoms with Crippen LogP contribution in [0.1, 0.15) is 28.9 Å². The molecular formula is C14H25Cl2N3O2S. The third kappa shape index (κ3) is 6.79. The zero-order valence-electron chi connectivity index (χ0n) is 13.0. The fourth-order valence-electron chi connectivity index (χ4n) is 2.28. The van der Waals surface area contributed by atoms with Crippen LogP contribution in [0.3, 0.4) is 0 Å². The van der Waals surface area contributed by atoms with Crippen LogP contribution in [0.4, 0.5) is 0 Å².